The molecular weight excluding hydrogens is 332 g/mol. The van der Waals surface area contributed by atoms with Crippen molar-refractivity contribution in [3.63, 3.8) is 0 Å². The second kappa shape index (κ2) is 10.6. The van der Waals surface area contributed by atoms with E-state index in [-0.39, 0.29) is 0 Å². The second-order valence-electron chi connectivity index (χ2n) is 6.87. The van der Waals surface area contributed by atoms with Crippen LogP contribution in [0.1, 0.15) is 45.2 Å². The summed E-state index contributed by atoms with van der Waals surface area (Å²) in [5.41, 5.74) is 1.02. The fourth-order valence-corrected chi connectivity index (χ4v) is 3.80. The number of guanidine groups is 1. The zero-order valence-corrected chi connectivity index (χ0v) is 17.0. The van der Waals surface area contributed by atoms with Crippen molar-refractivity contribution in [3.8, 4) is 0 Å². The lowest BCUT2D eigenvalue weighted by Crippen LogP contribution is -2.41. The molecule has 0 radical (unpaired) electrons. The first-order valence-electron chi connectivity index (χ1n) is 9.48. The molecule has 25 heavy (non-hydrogen) atoms. The van der Waals surface area contributed by atoms with E-state index < -0.39 is 0 Å². The van der Waals surface area contributed by atoms with E-state index in [9.17, 15) is 0 Å². The molecule has 0 aromatic carbocycles. The van der Waals surface area contributed by atoms with Crippen LogP contribution in [0.25, 0.3) is 0 Å². The van der Waals surface area contributed by atoms with Crippen LogP contribution in [0, 0.1) is 0 Å². The van der Waals surface area contributed by atoms with Crippen LogP contribution in [0.4, 0.5) is 5.13 Å². The van der Waals surface area contributed by atoms with Gasteiger partial charge in [-0.2, -0.15) is 0 Å². The minimum atomic E-state index is 0.614. The van der Waals surface area contributed by atoms with Crippen molar-refractivity contribution in [2.75, 3.05) is 45.2 Å². The SMILES string of the molecule is CCNC(=NCc1csc(N(C)C)n1)NCCCN1CCCCC1C. The highest BCUT2D eigenvalue weighted by Crippen LogP contribution is 2.18. The summed E-state index contributed by atoms with van der Waals surface area (Å²) in [5.74, 6) is 0.883. The Bertz CT molecular complexity index is 527. The molecule has 1 atom stereocenters. The van der Waals surface area contributed by atoms with Gasteiger partial charge in [0.05, 0.1) is 12.2 Å². The quantitative estimate of drug-likeness (QED) is 0.421. The third-order valence-corrected chi connectivity index (χ3v) is 5.58. The number of likely N-dealkylation sites (tertiary alicyclic amines) is 1. The Morgan fingerprint density at radius 3 is 2.92 bits per heavy atom. The first-order chi connectivity index (χ1) is 12.1. The van der Waals surface area contributed by atoms with Crippen molar-refractivity contribution in [2.24, 2.45) is 4.99 Å². The van der Waals surface area contributed by atoms with Gasteiger partial charge in [0.2, 0.25) is 0 Å². The largest absolute Gasteiger partial charge is 0.357 e. The van der Waals surface area contributed by atoms with Gasteiger partial charge in [-0.1, -0.05) is 6.42 Å². The topological polar surface area (TPSA) is 55.8 Å². The molecule has 2 N–H and O–H groups in total. The summed E-state index contributed by atoms with van der Waals surface area (Å²) >= 11 is 1.66. The van der Waals surface area contributed by atoms with Crippen LogP contribution in [-0.4, -0.2) is 62.2 Å². The highest BCUT2D eigenvalue weighted by Gasteiger charge is 2.17. The van der Waals surface area contributed by atoms with E-state index in [0.29, 0.717) is 6.54 Å². The molecule has 142 valence electrons. The fourth-order valence-electron chi connectivity index (χ4n) is 3.05. The van der Waals surface area contributed by atoms with E-state index in [4.69, 9.17) is 0 Å². The van der Waals surface area contributed by atoms with Gasteiger partial charge in [0.25, 0.3) is 0 Å². The standard InChI is InChI=1S/C18H34N6S/c1-5-19-17(21-13-16-14-25-18(22-16)23(3)4)20-10-8-12-24-11-7-6-9-15(24)2/h14-15H,5-13H2,1-4H3,(H2,19,20,21). The highest BCUT2D eigenvalue weighted by atomic mass is 32.1. The molecule has 1 aliphatic rings. The Morgan fingerprint density at radius 1 is 1.40 bits per heavy atom. The molecule has 0 bridgehead atoms. The van der Waals surface area contributed by atoms with Gasteiger partial charge in [-0.15, -0.1) is 11.3 Å². The highest BCUT2D eigenvalue weighted by molar-refractivity contribution is 7.13. The average Bonchev–Trinajstić information content (AvgIpc) is 3.07. The normalized spacial score (nSPS) is 19.0. The van der Waals surface area contributed by atoms with Crippen LogP contribution in [0.15, 0.2) is 10.4 Å². The summed E-state index contributed by atoms with van der Waals surface area (Å²) in [7, 11) is 4.03. The van der Waals surface area contributed by atoms with E-state index in [2.05, 4.69) is 44.7 Å². The van der Waals surface area contributed by atoms with Crippen LogP contribution >= 0.6 is 11.3 Å². The number of nitrogens with one attached hydrogen (secondary N) is 2. The summed E-state index contributed by atoms with van der Waals surface area (Å²) in [6.07, 6.45) is 5.24. The molecule has 1 fully saturated rings. The van der Waals surface area contributed by atoms with Gasteiger partial charge < -0.3 is 20.4 Å². The van der Waals surface area contributed by atoms with Crippen molar-refractivity contribution in [1.82, 2.24) is 20.5 Å². The van der Waals surface area contributed by atoms with Crippen molar-refractivity contribution >= 4 is 22.4 Å². The van der Waals surface area contributed by atoms with E-state index in [1.54, 1.807) is 11.3 Å². The first kappa shape index (κ1) is 20.0. The number of hydrogen-bond donors (Lipinski definition) is 2. The van der Waals surface area contributed by atoms with E-state index in [1.165, 1.54) is 32.4 Å². The maximum Gasteiger partial charge on any atom is 0.191 e. The number of aliphatic imine (C=N–C) groups is 1. The fraction of sp³-hybridized carbons (Fsp3) is 0.778. The number of hydrogen-bond acceptors (Lipinski definition) is 5. The van der Waals surface area contributed by atoms with E-state index in [1.807, 2.05) is 19.0 Å². The van der Waals surface area contributed by atoms with Crippen molar-refractivity contribution < 1.29 is 0 Å². The summed E-state index contributed by atoms with van der Waals surface area (Å²) in [6, 6.07) is 0.742. The number of nitrogens with zero attached hydrogens (tertiary/aromatic N) is 4. The molecular formula is C18H34N6S. The predicted molar refractivity (Wildman–Crippen MR) is 109 cm³/mol. The molecule has 2 rings (SSSR count). The van der Waals surface area contributed by atoms with Crippen LogP contribution < -0.4 is 15.5 Å². The Labute approximate surface area is 156 Å². The van der Waals surface area contributed by atoms with Gasteiger partial charge in [0, 0.05) is 45.2 Å². The third-order valence-electron chi connectivity index (χ3n) is 4.52. The van der Waals surface area contributed by atoms with Crippen LogP contribution in [0.3, 0.4) is 0 Å². The lowest BCUT2D eigenvalue weighted by molar-refractivity contribution is 0.159. The van der Waals surface area contributed by atoms with E-state index in [0.717, 1.165) is 42.3 Å². The Balaban J connectivity index is 1.75. The molecule has 1 unspecified atom stereocenters. The molecule has 0 spiro atoms. The number of piperidine rings is 1. The molecule has 1 aromatic rings. The summed E-state index contributed by atoms with van der Waals surface area (Å²) in [6.45, 7) is 9.32. The predicted octanol–water partition coefficient (Wildman–Crippen LogP) is 2.53. The number of anilines is 1. The minimum Gasteiger partial charge on any atom is -0.357 e. The van der Waals surface area contributed by atoms with Crippen LogP contribution in [0.2, 0.25) is 0 Å². The Morgan fingerprint density at radius 2 is 2.24 bits per heavy atom. The molecule has 1 aliphatic heterocycles. The Hall–Kier alpha value is -1.34. The maximum absolute atomic E-state index is 4.66. The maximum atomic E-state index is 4.66. The molecule has 0 saturated carbocycles. The minimum absolute atomic E-state index is 0.614. The number of rotatable bonds is 8. The average molecular weight is 367 g/mol. The number of aromatic nitrogens is 1. The van der Waals surface area contributed by atoms with Gasteiger partial charge in [-0.25, -0.2) is 9.98 Å². The third kappa shape index (κ3) is 6.82. The van der Waals surface area contributed by atoms with Gasteiger partial charge in [-0.3, -0.25) is 0 Å². The van der Waals surface area contributed by atoms with Gasteiger partial charge in [-0.05, 0) is 39.7 Å². The zero-order valence-electron chi connectivity index (χ0n) is 16.2. The second-order valence-corrected chi connectivity index (χ2v) is 7.71. The smallest absolute Gasteiger partial charge is 0.191 e. The lowest BCUT2D eigenvalue weighted by Gasteiger charge is -2.33. The van der Waals surface area contributed by atoms with Crippen LogP contribution in [-0.2, 0) is 6.54 Å². The summed E-state index contributed by atoms with van der Waals surface area (Å²) < 4.78 is 0. The zero-order chi connectivity index (χ0) is 18.1. The molecule has 6 nitrogen and oxygen atoms in total. The van der Waals surface area contributed by atoms with Gasteiger partial charge >= 0.3 is 0 Å². The monoisotopic (exact) mass is 366 g/mol. The van der Waals surface area contributed by atoms with Crippen molar-refractivity contribution in [1.29, 1.82) is 0 Å². The first-order valence-corrected chi connectivity index (χ1v) is 10.4. The van der Waals surface area contributed by atoms with Crippen molar-refractivity contribution in [2.45, 2.75) is 52.1 Å². The Kier molecular flexibility index (Phi) is 8.48. The molecule has 1 saturated heterocycles. The molecule has 0 aliphatic carbocycles. The van der Waals surface area contributed by atoms with Gasteiger partial charge in [0.1, 0.15) is 0 Å². The number of thiazole rings is 1. The molecule has 7 heteroatoms. The molecule has 1 aromatic heterocycles. The van der Waals surface area contributed by atoms with E-state index >= 15 is 0 Å². The summed E-state index contributed by atoms with van der Waals surface area (Å²) in [5, 5.41) is 9.88. The van der Waals surface area contributed by atoms with Gasteiger partial charge in [0.15, 0.2) is 11.1 Å². The lowest BCUT2D eigenvalue weighted by atomic mass is 10.0. The van der Waals surface area contributed by atoms with Crippen molar-refractivity contribution in [3.05, 3.63) is 11.1 Å². The molecule has 2 heterocycles. The van der Waals surface area contributed by atoms with Crippen LogP contribution in [0.5, 0.6) is 0 Å². The molecule has 0 amide bonds. The summed E-state index contributed by atoms with van der Waals surface area (Å²) in [4.78, 5) is 13.9.